The van der Waals surface area contributed by atoms with Crippen LogP contribution in [-0.4, -0.2) is 77.8 Å². The highest BCUT2D eigenvalue weighted by atomic mass is 32.2. The predicted octanol–water partition coefficient (Wildman–Crippen LogP) is -1.70. The van der Waals surface area contributed by atoms with Crippen LogP contribution in [0.2, 0.25) is 0 Å². The van der Waals surface area contributed by atoms with Crippen LogP contribution < -0.4 is 27.4 Å². The number of thiol groups is 1. The number of aliphatic carboxylic acids is 1. The number of carbonyl (C=O) groups excluding carboxylic acids is 3. The lowest BCUT2D eigenvalue weighted by Gasteiger charge is -2.20. The number of carboxylic acid groups (broad SMARTS) is 1. The number of amides is 3. The molecule has 3 amide bonds. The molecule has 162 valence electrons. The number of nitrogens with one attached hydrogen (secondary N) is 3. The van der Waals surface area contributed by atoms with Gasteiger partial charge in [-0.3, -0.25) is 14.4 Å². The fraction of sp³-hybridized carbons (Fsp3) is 0.750. The second kappa shape index (κ2) is 15.4. The number of nitrogens with two attached hydrogens (primary N) is 2. The van der Waals surface area contributed by atoms with Gasteiger partial charge < -0.3 is 32.5 Å². The van der Waals surface area contributed by atoms with Crippen molar-refractivity contribution in [1.82, 2.24) is 16.0 Å². The molecule has 0 saturated heterocycles. The summed E-state index contributed by atoms with van der Waals surface area (Å²) in [5.74, 6) is -2.34. The monoisotopic (exact) mass is 437 g/mol. The van der Waals surface area contributed by atoms with E-state index in [-0.39, 0.29) is 18.7 Å². The quantitative estimate of drug-likeness (QED) is 0.117. The molecule has 0 aromatic heterocycles. The Morgan fingerprint density at radius 2 is 1.75 bits per heavy atom. The summed E-state index contributed by atoms with van der Waals surface area (Å²) in [7, 11) is 0. The molecule has 0 aliphatic rings. The highest BCUT2D eigenvalue weighted by Gasteiger charge is 2.25. The zero-order valence-electron chi connectivity index (χ0n) is 16.0. The van der Waals surface area contributed by atoms with Gasteiger partial charge in [0.05, 0.1) is 12.6 Å². The highest BCUT2D eigenvalue weighted by Crippen LogP contribution is 2.02. The number of carbonyl (C=O) groups is 4. The van der Waals surface area contributed by atoms with Crippen molar-refractivity contribution in [1.29, 1.82) is 0 Å². The molecule has 0 aromatic carbocycles. The SMILES string of the molecule is CSCCC(NC(=O)C(CS)NC(=O)CNC(=O)C(N)CCCCN)C(=O)O. The van der Waals surface area contributed by atoms with Crippen LogP contribution in [0.5, 0.6) is 0 Å². The fourth-order valence-corrected chi connectivity index (χ4v) is 2.87. The lowest BCUT2D eigenvalue weighted by molar-refractivity contribution is -0.142. The molecular weight excluding hydrogens is 406 g/mol. The molecule has 0 radical (unpaired) electrons. The van der Waals surface area contributed by atoms with Gasteiger partial charge in [0.2, 0.25) is 17.7 Å². The van der Waals surface area contributed by atoms with Crippen LogP contribution >= 0.6 is 24.4 Å². The summed E-state index contributed by atoms with van der Waals surface area (Å²) in [4.78, 5) is 47.3. The molecule has 0 saturated carbocycles. The van der Waals surface area contributed by atoms with Crippen LogP contribution in [-0.2, 0) is 19.2 Å². The smallest absolute Gasteiger partial charge is 0.326 e. The second-order valence-electron chi connectivity index (χ2n) is 6.09. The fourth-order valence-electron chi connectivity index (χ4n) is 2.14. The average Bonchev–Trinajstić information content (AvgIpc) is 2.66. The topological polar surface area (TPSA) is 177 Å². The van der Waals surface area contributed by atoms with Crippen LogP contribution in [0.25, 0.3) is 0 Å². The summed E-state index contributed by atoms with van der Waals surface area (Å²) in [6.45, 7) is 0.166. The van der Waals surface area contributed by atoms with E-state index < -0.39 is 41.8 Å². The number of thioether (sulfide) groups is 1. The zero-order valence-corrected chi connectivity index (χ0v) is 17.7. The minimum absolute atomic E-state index is 0.0288. The molecule has 0 spiro atoms. The van der Waals surface area contributed by atoms with E-state index in [4.69, 9.17) is 16.6 Å². The van der Waals surface area contributed by atoms with E-state index in [0.717, 1.165) is 6.42 Å². The Balaban J connectivity index is 4.47. The van der Waals surface area contributed by atoms with Gasteiger partial charge in [0.25, 0.3) is 0 Å². The Morgan fingerprint density at radius 1 is 1.07 bits per heavy atom. The Bertz CT molecular complexity index is 524. The minimum Gasteiger partial charge on any atom is -0.480 e. The summed E-state index contributed by atoms with van der Waals surface area (Å²) in [6, 6.07) is -2.82. The molecule has 3 unspecified atom stereocenters. The second-order valence-corrected chi connectivity index (χ2v) is 7.44. The van der Waals surface area contributed by atoms with Crippen LogP contribution in [0.1, 0.15) is 25.7 Å². The molecule has 0 bridgehead atoms. The predicted molar refractivity (Wildman–Crippen MR) is 112 cm³/mol. The van der Waals surface area contributed by atoms with Gasteiger partial charge in [-0.2, -0.15) is 24.4 Å². The summed E-state index contributed by atoms with van der Waals surface area (Å²) in [6.07, 6.45) is 4.01. The Morgan fingerprint density at radius 3 is 2.29 bits per heavy atom. The van der Waals surface area contributed by atoms with Crippen molar-refractivity contribution in [3.8, 4) is 0 Å². The maximum absolute atomic E-state index is 12.2. The van der Waals surface area contributed by atoms with Gasteiger partial charge in [0.15, 0.2) is 0 Å². The van der Waals surface area contributed by atoms with Crippen LogP contribution in [0.3, 0.4) is 0 Å². The first kappa shape index (κ1) is 26.5. The molecule has 12 heteroatoms. The summed E-state index contributed by atoms with van der Waals surface area (Å²) in [5, 5.41) is 16.4. The minimum atomic E-state index is -1.15. The van der Waals surface area contributed by atoms with Gasteiger partial charge in [0, 0.05) is 5.75 Å². The highest BCUT2D eigenvalue weighted by molar-refractivity contribution is 7.98. The number of hydrogen-bond acceptors (Lipinski definition) is 8. The molecule has 0 aromatic rings. The van der Waals surface area contributed by atoms with Crippen LogP contribution in [0.4, 0.5) is 0 Å². The molecule has 10 nitrogen and oxygen atoms in total. The third-order valence-electron chi connectivity index (χ3n) is 3.79. The van der Waals surface area contributed by atoms with E-state index in [2.05, 4.69) is 28.6 Å². The van der Waals surface area contributed by atoms with Gasteiger partial charge in [-0.05, 0) is 37.8 Å². The first-order chi connectivity index (χ1) is 13.3. The van der Waals surface area contributed by atoms with E-state index in [1.807, 2.05) is 6.26 Å². The van der Waals surface area contributed by atoms with Crippen LogP contribution in [0, 0.1) is 0 Å². The van der Waals surface area contributed by atoms with Crippen molar-refractivity contribution in [3.63, 3.8) is 0 Å². The maximum atomic E-state index is 12.2. The van der Waals surface area contributed by atoms with E-state index in [9.17, 15) is 19.2 Å². The first-order valence-electron chi connectivity index (χ1n) is 8.92. The summed E-state index contributed by atoms with van der Waals surface area (Å²) < 4.78 is 0. The Kier molecular flexibility index (Phi) is 14.6. The summed E-state index contributed by atoms with van der Waals surface area (Å²) in [5.41, 5.74) is 11.1. The Labute approximate surface area is 174 Å². The van der Waals surface area contributed by atoms with E-state index in [1.165, 1.54) is 11.8 Å². The van der Waals surface area contributed by atoms with Gasteiger partial charge in [-0.1, -0.05) is 6.42 Å². The summed E-state index contributed by atoms with van der Waals surface area (Å²) >= 11 is 5.48. The van der Waals surface area contributed by atoms with E-state index >= 15 is 0 Å². The largest absolute Gasteiger partial charge is 0.480 e. The van der Waals surface area contributed by atoms with Gasteiger partial charge >= 0.3 is 5.97 Å². The van der Waals surface area contributed by atoms with Gasteiger partial charge in [0.1, 0.15) is 12.1 Å². The zero-order chi connectivity index (χ0) is 21.5. The first-order valence-corrected chi connectivity index (χ1v) is 10.9. The lowest BCUT2D eigenvalue weighted by atomic mass is 10.1. The Hall–Kier alpha value is -1.50. The molecule has 3 atom stereocenters. The molecule has 0 fully saturated rings. The van der Waals surface area contributed by atoms with Gasteiger partial charge in [-0.25, -0.2) is 4.79 Å². The normalized spacial score (nSPS) is 13.9. The molecule has 28 heavy (non-hydrogen) atoms. The standard InChI is InChI=1S/C16H31N5O5S2/c1-28-7-5-11(16(25)26)21-15(24)12(9-27)20-13(22)8-19-14(23)10(18)4-2-3-6-17/h10-12,27H,2-9,17-18H2,1H3,(H,19,23)(H,20,22)(H,21,24)(H,25,26). The van der Waals surface area contributed by atoms with Crippen molar-refractivity contribution in [2.24, 2.45) is 11.5 Å². The van der Waals surface area contributed by atoms with Crippen molar-refractivity contribution in [2.75, 3.05) is 30.9 Å². The molecule has 0 aliphatic heterocycles. The number of rotatable bonds is 15. The van der Waals surface area contributed by atoms with Crippen molar-refractivity contribution in [2.45, 2.75) is 43.8 Å². The molecule has 8 N–H and O–H groups in total. The third kappa shape index (κ3) is 11.4. The molecular formula is C16H31N5O5S2. The average molecular weight is 438 g/mol. The van der Waals surface area contributed by atoms with Crippen molar-refractivity contribution in [3.05, 3.63) is 0 Å². The number of hydrogen-bond donors (Lipinski definition) is 7. The number of carboxylic acids is 1. The lowest BCUT2D eigenvalue weighted by Crippen LogP contribution is -2.54. The molecule has 0 rings (SSSR count). The molecule has 0 aliphatic carbocycles. The maximum Gasteiger partial charge on any atom is 0.326 e. The van der Waals surface area contributed by atoms with E-state index in [1.54, 1.807) is 0 Å². The van der Waals surface area contributed by atoms with Crippen molar-refractivity contribution < 1.29 is 24.3 Å². The third-order valence-corrected chi connectivity index (χ3v) is 4.80. The molecule has 0 heterocycles. The van der Waals surface area contributed by atoms with Gasteiger partial charge in [-0.15, -0.1) is 0 Å². The van der Waals surface area contributed by atoms with Crippen molar-refractivity contribution >= 4 is 48.1 Å². The van der Waals surface area contributed by atoms with Crippen LogP contribution in [0.15, 0.2) is 0 Å². The van der Waals surface area contributed by atoms with E-state index in [0.29, 0.717) is 25.1 Å². The number of unbranched alkanes of at least 4 members (excludes halogenated alkanes) is 1.